The van der Waals surface area contributed by atoms with Gasteiger partial charge in [0.15, 0.2) is 5.82 Å². The van der Waals surface area contributed by atoms with Gasteiger partial charge in [-0.05, 0) is 38.7 Å². The van der Waals surface area contributed by atoms with Gasteiger partial charge in [-0.2, -0.15) is 0 Å². The Hall–Kier alpha value is -2.47. The zero-order valence-electron chi connectivity index (χ0n) is 15.0. The number of rotatable bonds is 3. The number of amides is 1. The van der Waals surface area contributed by atoms with E-state index in [2.05, 4.69) is 24.5 Å². The highest BCUT2D eigenvalue weighted by atomic mass is 32.1. The van der Waals surface area contributed by atoms with E-state index in [-0.39, 0.29) is 11.9 Å². The van der Waals surface area contributed by atoms with Crippen molar-refractivity contribution in [3.63, 3.8) is 0 Å². The van der Waals surface area contributed by atoms with Crippen LogP contribution < -0.4 is 10.6 Å². The summed E-state index contributed by atoms with van der Waals surface area (Å²) in [7, 11) is 0. The zero-order chi connectivity index (χ0) is 18.1. The molecule has 1 aliphatic rings. The van der Waals surface area contributed by atoms with Gasteiger partial charge in [0.2, 0.25) is 5.91 Å². The third-order valence-electron chi connectivity index (χ3n) is 4.91. The lowest BCUT2D eigenvalue weighted by atomic mass is 10.1. The molecule has 3 aromatic rings. The van der Waals surface area contributed by atoms with Crippen LogP contribution in [-0.4, -0.2) is 28.5 Å². The molecule has 0 saturated carbocycles. The molecule has 2 N–H and O–H groups in total. The van der Waals surface area contributed by atoms with E-state index in [0.717, 1.165) is 47.4 Å². The van der Waals surface area contributed by atoms with E-state index in [9.17, 15) is 4.79 Å². The minimum atomic E-state index is -0.251. The molecule has 6 heteroatoms. The quantitative estimate of drug-likeness (QED) is 0.734. The minimum absolute atomic E-state index is 0.0557. The number of aryl methyl sites for hydroxylation is 2. The van der Waals surface area contributed by atoms with Crippen LogP contribution in [0.1, 0.15) is 29.7 Å². The number of carbonyl (C=O) groups is 1. The summed E-state index contributed by atoms with van der Waals surface area (Å²) in [6, 6.07) is 9.72. The smallest absolute Gasteiger partial charge is 0.242 e. The highest BCUT2D eigenvalue weighted by Gasteiger charge is 2.23. The Bertz CT molecular complexity index is 951. The van der Waals surface area contributed by atoms with Gasteiger partial charge in [-0.3, -0.25) is 4.79 Å². The molecule has 0 radical (unpaired) electrons. The Kier molecular flexibility index (Phi) is 4.59. The first-order valence-corrected chi connectivity index (χ1v) is 9.82. The van der Waals surface area contributed by atoms with Crippen molar-refractivity contribution in [2.75, 3.05) is 11.9 Å². The van der Waals surface area contributed by atoms with Crippen molar-refractivity contribution >= 4 is 33.3 Å². The number of nitrogens with one attached hydrogen (secondary N) is 2. The van der Waals surface area contributed by atoms with Gasteiger partial charge in [0.25, 0.3) is 0 Å². The van der Waals surface area contributed by atoms with Crippen LogP contribution in [0.3, 0.4) is 0 Å². The van der Waals surface area contributed by atoms with Gasteiger partial charge in [-0.1, -0.05) is 30.3 Å². The molecule has 0 aliphatic carbocycles. The van der Waals surface area contributed by atoms with Crippen LogP contribution in [0.4, 0.5) is 5.82 Å². The van der Waals surface area contributed by atoms with E-state index in [1.165, 1.54) is 10.4 Å². The Balaban J connectivity index is 1.82. The largest absolute Gasteiger partial charge is 0.358 e. The van der Waals surface area contributed by atoms with E-state index in [1.807, 2.05) is 30.3 Å². The zero-order valence-corrected chi connectivity index (χ0v) is 15.8. The maximum atomic E-state index is 12.4. The Labute approximate surface area is 156 Å². The minimum Gasteiger partial charge on any atom is -0.358 e. The molecule has 0 spiro atoms. The highest BCUT2D eigenvalue weighted by Crippen LogP contribution is 2.35. The number of nitrogens with zero attached hydrogens (tertiary/aromatic N) is 2. The SMILES string of the molecule is Cc1sc2nc(-c3ccccc3)nc(N[C@H]3CCCCNC3=O)c2c1C. The van der Waals surface area contributed by atoms with Crippen molar-refractivity contribution < 1.29 is 4.79 Å². The average Bonchev–Trinajstić information content (AvgIpc) is 2.80. The Morgan fingerprint density at radius 3 is 2.77 bits per heavy atom. The van der Waals surface area contributed by atoms with Crippen molar-refractivity contribution in [3.05, 3.63) is 40.8 Å². The number of anilines is 1. The maximum absolute atomic E-state index is 12.4. The standard InChI is InChI=1S/C20H22N4OS/c1-12-13(2)26-20-16(12)18(22-15-10-6-7-11-21-19(15)25)23-17(24-20)14-8-4-3-5-9-14/h3-5,8-9,15H,6-7,10-11H2,1-2H3,(H,21,25)(H,22,23,24)/t15-/m0/s1. The molecule has 3 heterocycles. The molecule has 2 aromatic heterocycles. The van der Waals surface area contributed by atoms with E-state index >= 15 is 0 Å². The summed E-state index contributed by atoms with van der Waals surface area (Å²) in [5.41, 5.74) is 2.16. The summed E-state index contributed by atoms with van der Waals surface area (Å²) in [5.74, 6) is 1.51. The van der Waals surface area contributed by atoms with E-state index in [1.54, 1.807) is 11.3 Å². The van der Waals surface area contributed by atoms with Crippen molar-refractivity contribution in [1.82, 2.24) is 15.3 Å². The van der Waals surface area contributed by atoms with Gasteiger partial charge in [-0.25, -0.2) is 9.97 Å². The fourth-order valence-corrected chi connectivity index (χ4v) is 4.34. The molecular weight excluding hydrogens is 344 g/mol. The van der Waals surface area contributed by atoms with Crippen LogP contribution in [0.15, 0.2) is 30.3 Å². The average molecular weight is 366 g/mol. The van der Waals surface area contributed by atoms with Crippen LogP contribution in [0, 0.1) is 13.8 Å². The Morgan fingerprint density at radius 2 is 1.96 bits per heavy atom. The van der Waals surface area contributed by atoms with Crippen molar-refractivity contribution in [1.29, 1.82) is 0 Å². The van der Waals surface area contributed by atoms with Gasteiger partial charge in [-0.15, -0.1) is 11.3 Å². The maximum Gasteiger partial charge on any atom is 0.242 e. The first-order valence-electron chi connectivity index (χ1n) is 9.01. The number of fused-ring (bicyclic) bond motifs is 1. The fraction of sp³-hybridized carbons (Fsp3) is 0.350. The molecule has 1 aromatic carbocycles. The number of hydrogen-bond acceptors (Lipinski definition) is 5. The van der Waals surface area contributed by atoms with Crippen LogP contribution in [0.25, 0.3) is 21.6 Å². The van der Waals surface area contributed by atoms with Gasteiger partial charge < -0.3 is 10.6 Å². The van der Waals surface area contributed by atoms with Crippen LogP contribution in [-0.2, 0) is 4.79 Å². The molecular formula is C20H22N4OS. The molecule has 4 rings (SSSR count). The van der Waals surface area contributed by atoms with Gasteiger partial charge >= 0.3 is 0 Å². The first-order chi connectivity index (χ1) is 12.6. The number of benzene rings is 1. The molecule has 0 unspecified atom stereocenters. The monoisotopic (exact) mass is 366 g/mol. The molecule has 1 saturated heterocycles. The normalized spacial score (nSPS) is 17.8. The van der Waals surface area contributed by atoms with Crippen molar-refractivity contribution in [2.24, 2.45) is 0 Å². The molecule has 1 fully saturated rings. The van der Waals surface area contributed by atoms with E-state index in [4.69, 9.17) is 9.97 Å². The third-order valence-corrected chi connectivity index (χ3v) is 6.01. The second-order valence-corrected chi connectivity index (χ2v) is 7.91. The van der Waals surface area contributed by atoms with Crippen LogP contribution in [0.5, 0.6) is 0 Å². The molecule has 5 nitrogen and oxygen atoms in total. The molecule has 1 amide bonds. The second kappa shape index (κ2) is 7.03. The molecule has 26 heavy (non-hydrogen) atoms. The molecule has 1 atom stereocenters. The number of carbonyl (C=O) groups excluding carboxylic acids is 1. The number of aromatic nitrogens is 2. The summed E-state index contributed by atoms with van der Waals surface area (Å²) in [6.45, 7) is 4.95. The third kappa shape index (κ3) is 3.17. The highest BCUT2D eigenvalue weighted by molar-refractivity contribution is 7.18. The predicted octanol–water partition coefficient (Wildman–Crippen LogP) is 4.06. The van der Waals surface area contributed by atoms with Crippen LogP contribution in [0.2, 0.25) is 0 Å². The van der Waals surface area contributed by atoms with E-state index in [0.29, 0.717) is 5.82 Å². The lowest BCUT2D eigenvalue weighted by Crippen LogP contribution is -2.38. The molecule has 1 aliphatic heterocycles. The summed E-state index contributed by atoms with van der Waals surface area (Å²) in [4.78, 5) is 24.2. The van der Waals surface area contributed by atoms with E-state index < -0.39 is 0 Å². The fourth-order valence-electron chi connectivity index (χ4n) is 3.31. The van der Waals surface area contributed by atoms with Crippen molar-refractivity contribution in [2.45, 2.75) is 39.2 Å². The van der Waals surface area contributed by atoms with Crippen LogP contribution >= 0.6 is 11.3 Å². The van der Waals surface area contributed by atoms with Gasteiger partial charge in [0, 0.05) is 17.0 Å². The van der Waals surface area contributed by atoms with Crippen molar-refractivity contribution in [3.8, 4) is 11.4 Å². The van der Waals surface area contributed by atoms with Gasteiger partial charge in [0.1, 0.15) is 16.7 Å². The topological polar surface area (TPSA) is 66.9 Å². The lowest BCUT2D eigenvalue weighted by Gasteiger charge is -2.17. The number of hydrogen-bond donors (Lipinski definition) is 2. The summed E-state index contributed by atoms with van der Waals surface area (Å²) < 4.78 is 0. The Morgan fingerprint density at radius 1 is 1.15 bits per heavy atom. The first kappa shape index (κ1) is 17.0. The summed E-state index contributed by atoms with van der Waals surface area (Å²) in [5, 5.41) is 7.44. The lowest BCUT2D eigenvalue weighted by molar-refractivity contribution is -0.121. The number of thiophene rings is 1. The summed E-state index contributed by atoms with van der Waals surface area (Å²) >= 11 is 1.68. The van der Waals surface area contributed by atoms with Gasteiger partial charge in [0.05, 0.1) is 5.39 Å². The molecule has 0 bridgehead atoms. The predicted molar refractivity (Wildman–Crippen MR) is 107 cm³/mol. The summed E-state index contributed by atoms with van der Waals surface area (Å²) in [6.07, 6.45) is 2.87. The molecule has 134 valence electrons. The second-order valence-electron chi connectivity index (χ2n) is 6.71.